The lowest BCUT2D eigenvalue weighted by Gasteiger charge is -2.45. The van der Waals surface area contributed by atoms with Crippen molar-refractivity contribution >= 4 is 16.7 Å². The van der Waals surface area contributed by atoms with Crippen molar-refractivity contribution in [2.75, 3.05) is 31.1 Å². The summed E-state index contributed by atoms with van der Waals surface area (Å²) in [5.74, 6) is 8.13. The molecule has 7 nitrogen and oxygen atoms in total. The first-order valence-corrected chi connectivity index (χ1v) is 11.5. The Balaban J connectivity index is 1.75. The first kappa shape index (κ1) is 24.5. The van der Waals surface area contributed by atoms with Gasteiger partial charge in [0, 0.05) is 43.5 Å². The maximum Gasteiger partial charge on any atom is 0.140 e. The molecule has 0 unspecified atom stereocenters. The van der Waals surface area contributed by atoms with E-state index in [1.54, 1.807) is 5.01 Å². The Bertz CT molecular complexity index is 1070. The average molecular weight is 448 g/mol. The van der Waals surface area contributed by atoms with Gasteiger partial charge in [-0.3, -0.25) is 9.91 Å². The smallest absolute Gasteiger partial charge is 0.140 e. The minimum Gasteiger partial charge on any atom is -0.399 e. The van der Waals surface area contributed by atoms with Crippen LogP contribution in [0.4, 0.5) is 5.82 Å². The molecule has 0 bridgehead atoms. The van der Waals surface area contributed by atoms with E-state index in [1.807, 2.05) is 75.6 Å². The molecule has 2 aromatic rings. The summed E-state index contributed by atoms with van der Waals surface area (Å²) in [4.78, 5) is 14.1. The summed E-state index contributed by atoms with van der Waals surface area (Å²) in [5, 5.41) is 2.68. The molecule has 1 aliphatic heterocycles. The van der Waals surface area contributed by atoms with Gasteiger partial charge in [0.15, 0.2) is 0 Å². The highest BCUT2D eigenvalue weighted by Crippen LogP contribution is 2.28. The lowest BCUT2D eigenvalue weighted by molar-refractivity contribution is 0.139. The van der Waals surface area contributed by atoms with Crippen molar-refractivity contribution in [3.63, 3.8) is 0 Å². The number of hydrogen-bond acceptors (Lipinski definition) is 7. The summed E-state index contributed by atoms with van der Waals surface area (Å²) in [6.45, 7) is 13.7. The van der Waals surface area contributed by atoms with E-state index in [0.717, 1.165) is 60.1 Å². The molecule has 7 heteroatoms. The van der Waals surface area contributed by atoms with Crippen LogP contribution in [0.25, 0.3) is 10.9 Å². The summed E-state index contributed by atoms with van der Waals surface area (Å²) in [6.07, 6.45) is 11.6. The Morgan fingerprint density at radius 3 is 2.42 bits per heavy atom. The van der Waals surface area contributed by atoms with Crippen molar-refractivity contribution in [2.24, 2.45) is 11.6 Å². The Morgan fingerprint density at radius 2 is 1.76 bits per heavy atom. The standard InChI is InChI=1S/C26H37N7/c1-6-8-12-21(11-7-2)33(28)19-24(27)26(4,5)32-17-15-31(16-18-32)25-22-13-9-10-14-23(22)29-20(3)30-25/h6-14,19H,15-18,27-28H2,1-5H3/b8-6-,11-7-,21-12+,24-19-. The first-order chi connectivity index (χ1) is 15.8. The quantitative estimate of drug-likeness (QED) is 0.379. The molecule has 33 heavy (non-hydrogen) atoms. The molecule has 2 heterocycles. The zero-order valence-corrected chi connectivity index (χ0v) is 20.5. The summed E-state index contributed by atoms with van der Waals surface area (Å²) >= 11 is 0. The van der Waals surface area contributed by atoms with E-state index in [4.69, 9.17) is 16.6 Å². The largest absolute Gasteiger partial charge is 0.399 e. The predicted octanol–water partition coefficient (Wildman–Crippen LogP) is 3.85. The fraction of sp³-hybridized carbons (Fsp3) is 0.385. The molecular formula is C26H37N7. The number of aromatic nitrogens is 2. The first-order valence-electron chi connectivity index (χ1n) is 11.5. The Labute approximate surface area is 197 Å². The molecule has 0 atom stereocenters. The van der Waals surface area contributed by atoms with Crippen LogP contribution in [0.3, 0.4) is 0 Å². The van der Waals surface area contributed by atoms with Crippen LogP contribution in [0.1, 0.15) is 33.5 Å². The highest BCUT2D eigenvalue weighted by Gasteiger charge is 2.33. The number of fused-ring (bicyclic) bond motifs is 1. The molecule has 0 saturated carbocycles. The van der Waals surface area contributed by atoms with Crippen molar-refractivity contribution in [1.29, 1.82) is 0 Å². The molecule has 0 radical (unpaired) electrons. The number of aryl methyl sites for hydroxylation is 1. The fourth-order valence-corrected chi connectivity index (χ4v) is 4.05. The topological polar surface area (TPSA) is 87.5 Å². The molecular weight excluding hydrogens is 410 g/mol. The summed E-state index contributed by atoms with van der Waals surface area (Å²) in [6, 6.07) is 8.20. The number of para-hydroxylation sites is 1. The molecule has 0 spiro atoms. The number of nitrogens with two attached hydrogens (primary N) is 2. The third-order valence-corrected chi connectivity index (χ3v) is 6.14. The van der Waals surface area contributed by atoms with Gasteiger partial charge in [0.1, 0.15) is 11.6 Å². The molecule has 1 aromatic carbocycles. The molecule has 1 saturated heterocycles. The number of nitrogens with zero attached hydrogens (tertiary/aromatic N) is 5. The molecule has 4 N–H and O–H groups in total. The van der Waals surface area contributed by atoms with Gasteiger partial charge in [0.25, 0.3) is 0 Å². The van der Waals surface area contributed by atoms with Crippen LogP contribution in [0.15, 0.2) is 72.2 Å². The molecule has 0 amide bonds. The zero-order chi connectivity index (χ0) is 24.0. The molecule has 1 aromatic heterocycles. The number of hydrazine groups is 1. The van der Waals surface area contributed by atoms with Gasteiger partial charge in [-0.05, 0) is 58.9 Å². The number of benzene rings is 1. The van der Waals surface area contributed by atoms with Crippen LogP contribution in [-0.4, -0.2) is 51.6 Å². The van der Waals surface area contributed by atoms with Crippen molar-refractivity contribution < 1.29 is 0 Å². The third kappa shape index (κ3) is 5.61. The van der Waals surface area contributed by atoms with E-state index < -0.39 is 0 Å². The minimum absolute atomic E-state index is 0.338. The summed E-state index contributed by atoms with van der Waals surface area (Å²) in [5.41, 5.74) is 8.81. The van der Waals surface area contributed by atoms with Gasteiger partial charge in [-0.2, -0.15) is 0 Å². The van der Waals surface area contributed by atoms with E-state index in [9.17, 15) is 0 Å². The molecule has 176 valence electrons. The fourth-order valence-electron chi connectivity index (χ4n) is 4.05. The number of piperazine rings is 1. The van der Waals surface area contributed by atoms with Gasteiger partial charge >= 0.3 is 0 Å². The average Bonchev–Trinajstić information content (AvgIpc) is 2.81. The predicted molar refractivity (Wildman–Crippen MR) is 138 cm³/mol. The Kier molecular flexibility index (Phi) is 7.89. The van der Waals surface area contributed by atoms with E-state index in [0.29, 0.717) is 0 Å². The van der Waals surface area contributed by atoms with Crippen LogP contribution < -0.4 is 16.5 Å². The highest BCUT2D eigenvalue weighted by atomic mass is 15.4. The summed E-state index contributed by atoms with van der Waals surface area (Å²) in [7, 11) is 0. The van der Waals surface area contributed by atoms with Gasteiger partial charge in [0.05, 0.1) is 16.8 Å². The van der Waals surface area contributed by atoms with Gasteiger partial charge in [-0.25, -0.2) is 15.8 Å². The van der Waals surface area contributed by atoms with Crippen LogP contribution in [0.5, 0.6) is 0 Å². The minimum atomic E-state index is -0.338. The monoisotopic (exact) mass is 447 g/mol. The lowest BCUT2D eigenvalue weighted by Crippen LogP contribution is -2.57. The van der Waals surface area contributed by atoms with Gasteiger partial charge in [-0.1, -0.05) is 30.4 Å². The van der Waals surface area contributed by atoms with Crippen LogP contribution in [0, 0.1) is 6.92 Å². The summed E-state index contributed by atoms with van der Waals surface area (Å²) < 4.78 is 0. The maximum atomic E-state index is 6.58. The van der Waals surface area contributed by atoms with Crippen LogP contribution in [-0.2, 0) is 0 Å². The van der Waals surface area contributed by atoms with Crippen molar-refractivity contribution in [3.8, 4) is 0 Å². The number of rotatable bonds is 7. The number of anilines is 1. The lowest BCUT2D eigenvalue weighted by atomic mass is 9.97. The van der Waals surface area contributed by atoms with Crippen molar-refractivity contribution in [1.82, 2.24) is 19.9 Å². The van der Waals surface area contributed by atoms with Crippen molar-refractivity contribution in [3.05, 3.63) is 78.1 Å². The SMILES string of the molecule is C\C=C/C=C(\C=C/C)N(N)/C=C(\N)C(C)(C)N1CCN(c2nc(C)nc3ccccc23)CC1. The van der Waals surface area contributed by atoms with Crippen LogP contribution >= 0.6 is 0 Å². The van der Waals surface area contributed by atoms with E-state index in [1.165, 1.54) is 0 Å². The highest BCUT2D eigenvalue weighted by molar-refractivity contribution is 5.89. The van der Waals surface area contributed by atoms with E-state index in [2.05, 4.69) is 34.7 Å². The molecule has 1 aliphatic rings. The van der Waals surface area contributed by atoms with E-state index >= 15 is 0 Å². The van der Waals surface area contributed by atoms with Gasteiger partial charge in [0.2, 0.25) is 0 Å². The maximum absolute atomic E-state index is 6.58. The Hall–Kier alpha value is -3.16. The number of hydrogen-bond donors (Lipinski definition) is 2. The second-order valence-corrected chi connectivity index (χ2v) is 8.75. The van der Waals surface area contributed by atoms with Gasteiger partial charge < -0.3 is 10.6 Å². The number of allylic oxidation sites excluding steroid dienone is 5. The zero-order valence-electron chi connectivity index (χ0n) is 20.5. The normalized spacial score (nSPS) is 17.0. The van der Waals surface area contributed by atoms with Crippen LogP contribution in [0.2, 0.25) is 0 Å². The second kappa shape index (κ2) is 10.6. The van der Waals surface area contributed by atoms with Gasteiger partial charge in [-0.15, -0.1) is 0 Å². The second-order valence-electron chi connectivity index (χ2n) is 8.75. The van der Waals surface area contributed by atoms with Crippen molar-refractivity contribution in [2.45, 2.75) is 40.2 Å². The molecule has 1 fully saturated rings. The molecule has 0 aliphatic carbocycles. The van der Waals surface area contributed by atoms with E-state index in [-0.39, 0.29) is 5.54 Å². The molecule has 3 rings (SSSR count). The Morgan fingerprint density at radius 1 is 1.06 bits per heavy atom. The third-order valence-electron chi connectivity index (χ3n) is 6.14.